The molecule has 0 unspecified atom stereocenters. The average Bonchev–Trinajstić information content (AvgIpc) is 3.18. The smallest absolute Gasteiger partial charge is 0.275 e. The van der Waals surface area contributed by atoms with Gasteiger partial charge in [-0.05, 0) is 39.0 Å². The highest BCUT2D eigenvalue weighted by Crippen LogP contribution is 2.24. The number of carbonyl (C=O) groups excluding carboxylic acids is 1. The van der Waals surface area contributed by atoms with Crippen molar-refractivity contribution in [3.63, 3.8) is 0 Å². The molecule has 0 aliphatic rings. The first-order valence-electron chi connectivity index (χ1n) is 9.87. The van der Waals surface area contributed by atoms with Crippen LogP contribution in [0.1, 0.15) is 23.7 Å². The fourth-order valence-corrected chi connectivity index (χ4v) is 3.96. The van der Waals surface area contributed by atoms with E-state index in [1.807, 2.05) is 62.4 Å². The molecule has 4 rings (SSSR count). The summed E-state index contributed by atoms with van der Waals surface area (Å²) in [6, 6.07) is 16.8. The fraction of sp³-hybridized carbons (Fsp3) is 0.217. The maximum Gasteiger partial charge on any atom is 0.275 e. The van der Waals surface area contributed by atoms with Gasteiger partial charge in [0.05, 0.1) is 12.2 Å². The van der Waals surface area contributed by atoms with Crippen molar-refractivity contribution in [2.24, 2.45) is 0 Å². The standard InChI is InChI=1S/C23H22N4O3S/c1-14-7-9-19(10-8-14)30-16(3)21(29)24-13-18-12-20(28)27-23(25-18)31-22(26-27)17-6-4-5-15(2)11-17/h4-12,16H,13H2,1-3H3,(H,24,29)/t16-/m1/s1. The molecule has 7 nitrogen and oxygen atoms in total. The summed E-state index contributed by atoms with van der Waals surface area (Å²) in [6.07, 6.45) is -0.677. The Hall–Kier alpha value is -3.52. The number of rotatable bonds is 6. The number of nitrogens with one attached hydrogen (secondary N) is 1. The summed E-state index contributed by atoms with van der Waals surface area (Å²) in [5, 5.41) is 7.89. The van der Waals surface area contributed by atoms with Crippen LogP contribution in [0.25, 0.3) is 15.5 Å². The Balaban J connectivity index is 1.46. The second-order valence-corrected chi connectivity index (χ2v) is 8.30. The van der Waals surface area contributed by atoms with E-state index in [0.29, 0.717) is 16.4 Å². The molecule has 0 saturated carbocycles. The number of nitrogens with zero attached hydrogens (tertiary/aromatic N) is 3. The molecule has 0 saturated heterocycles. The largest absolute Gasteiger partial charge is 0.481 e. The third-order valence-corrected chi connectivity index (χ3v) is 5.67. The number of carbonyl (C=O) groups is 1. The molecule has 8 heteroatoms. The first-order valence-corrected chi connectivity index (χ1v) is 10.7. The van der Waals surface area contributed by atoms with Crippen LogP contribution >= 0.6 is 11.3 Å². The summed E-state index contributed by atoms with van der Waals surface area (Å²) < 4.78 is 6.96. The molecule has 1 atom stereocenters. The van der Waals surface area contributed by atoms with Gasteiger partial charge in [-0.1, -0.05) is 52.8 Å². The minimum Gasteiger partial charge on any atom is -0.481 e. The molecule has 0 spiro atoms. The zero-order valence-corrected chi connectivity index (χ0v) is 18.3. The lowest BCUT2D eigenvalue weighted by Gasteiger charge is -2.14. The predicted octanol–water partition coefficient (Wildman–Crippen LogP) is 3.52. The third-order valence-electron chi connectivity index (χ3n) is 4.71. The number of amides is 1. The molecule has 158 valence electrons. The van der Waals surface area contributed by atoms with Crippen LogP contribution in [0.15, 0.2) is 59.4 Å². The molecule has 4 aromatic rings. The summed E-state index contributed by atoms with van der Waals surface area (Å²) in [5.74, 6) is 0.340. The first-order chi connectivity index (χ1) is 14.9. The quantitative estimate of drug-likeness (QED) is 0.502. The first kappa shape index (κ1) is 20.7. The van der Waals surface area contributed by atoms with E-state index in [2.05, 4.69) is 15.4 Å². The molecule has 0 aliphatic carbocycles. The molecule has 0 fully saturated rings. The van der Waals surface area contributed by atoms with Crippen molar-refractivity contribution in [2.75, 3.05) is 0 Å². The number of aryl methyl sites for hydroxylation is 2. The van der Waals surface area contributed by atoms with Crippen molar-refractivity contribution < 1.29 is 9.53 Å². The van der Waals surface area contributed by atoms with Crippen molar-refractivity contribution in [1.82, 2.24) is 19.9 Å². The molecule has 2 aromatic carbocycles. The Morgan fingerprint density at radius 3 is 2.65 bits per heavy atom. The SMILES string of the molecule is Cc1ccc(O[C@H](C)C(=O)NCc2cc(=O)n3nc(-c4cccc(C)c4)sc3n2)cc1. The van der Waals surface area contributed by atoms with Crippen molar-refractivity contribution in [3.05, 3.63) is 81.8 Å². The van der Waals surface area contributed by atoms with E-state index >= 15 is 0 Å². The van der Waals surface area contributed by atoms with Crippen molar-refractivity contribution in [2.45, 2.75) is 33.4 Å². The van der Waals surface area contributed by atoms with Gasteiger partial charge in [-0.25, -0.2) is 4.98 Å². The molecular formula is C23H22N4O3S. The van der Waals surface area contributed by atoms with Gasteiger partial charge >= 0.3 is 0 Å². The van der Waals surface area contributed by atoms with Gasteiger partial charge in [0.2, 0.25) is 4.96 Å². The zero-order chi connectivity index (χ0) is 22.0. The number of fused-ring (bicyclic) bond motifs is 1. The average molecular weight is 435 g/mol. The Labute approximate surface area is 183 Å². The maximum absolute atomic E-state index is 12.5. The van der Waals surface area contributed by atoms with Crippen LogP contribution in [0.3, 0.4) is 0 Å². The van der Waals surface area contributed by atoms with Crippen LogP contribution in [-0.4, -0.2) is 26.6 Å². The molecule has 1 N–H and O–H groups in total. The molecule has 0 radical (unpaired) electrons. The molecule has 2 aromatic heterocycles. The van der Waals surface area contributed by atoms with E-state index < -0.39 is 6.10 Å². The summed E-state index contributed by atoms with van der Waals surface area (Å²) in [6.45, 7) is 5.80. The van der Waals surface area contributed by atoms with Crippen LogP contribution in [-0.2, 0) is 11.3 Å². The van der Waals surface area contributed by atoms with E-state index in [-0.39, 0.29) is 18.0 Å². The van der Waals surface area contributed by atoms with Crippen LogP contribution in [0.5, 0.6) is 5.75 Å². The summed E-state index contributed by atoms with van der Waals surface area (Å²) in [4.78, 5) is 29.9. The third kappa shape index (κ3) is 4.80. The van der Waals surface area contributed by atoms with Crippen LogP contribution in [0.4, 0.5) is 0 Å². The predicted molar refractivity (Wildman–Crippen MR) is 120 cm³/mol. The topological polar surface area (TPSA) is 85.6 Å². The Kier molecular flexibility index (Phi) is 5.81. The maximum atomic E-state index is 12.5. The van der Waals surface area contributed by atoms with Crippen LogP contribution < -0.4 is 15.6 Å². The van der Waals surface area contributed by atoms with Gasteiger partial charge in [0.1, 0.15) is 10.8 Å². The zero-order valence-electron chi connectivity index (χ0n) is 17.5. The van der Waals surface area contributed by atoms with Gasteiger partial charge in [0.25, 0.3) is 11.5 Å². The normalized spacial score (nSPS) is 12.0. The van der Waals surface area contributed by atoms with Gasteiger partial charge in [-0.2, -0.15) is 9.61 Å². The van der Waals surface area contributed by atoms with E-state index in [1.165, 1.54) is 21.9 Å². The van der Waals surface area contributed by atoms with Crippen LogP contribution in [0, 0.1) is 13.8 Å². The Bertz CT molecular complexity index is 1290. The highest BCUT2D eigenvalue weighted by Gasteiger charge is 2.16. The second-order valence-electron chi connectivity index (χ2n) is 7.35. The van der Waals surface area contributed by atoms with Crippen LogP contribution in [0.2, 0.25) is 0 Å². The minimum absolute atomic E-state index is 0.129. The van der Waals surface area contributed by atoms with Crippen molar-refractivity contribution >= 4 is 22.2 Å². The molecule has 0 aliphatic heterocycles. The molecule has 1 amide bonds. The number of ether oxygens (including phenoxy) is 1. The second kappa shape index (κ2) is 8.69. The minimum atomic E-state index is -0.677. The lowest BCUT2D eigenvalue weighted by atomic mass is 10.1. The van der Waals surface area contributed by atoms with Gasteiger partial charge in [-0.3, -0.25) is 9.59 Å². The monoisotopic (exact) mass is 434 g/mol. The number of hydrogen-bond acceptors (Lipinski definition) is 6. The highest BCUT2D eigenvalue weighted by molar-refractivity contribution is 7.19. The summed E-state index contributed by atoms with van der Waals surface area (Å²) in [7, 11) is 0. The number of benzene rings is 2. The van der Waals surface area contributed by atoms with Gasteiger partial charge in [0, 0.05) is 11.6 Å². The van der Waals surface area contributed by atoms with E-state index in [9.17, 15) is 9.59 Å². The van der Waals surface area contributed by atoms with Crippen molar-refractivity contribution in [3.8, 4) is 16.3 Å². The molecular weight excluding hydrogens is 412 g/mol. The number of aromatic nitrogens is 3. The Morgan fingerprint density at radius 2 is 1.90 bits per heavy atom. The van der Waals surface area contributed by atoms with Gasteiger partial charge < -0.3 is 10.1 Å². The summed E-state index contributed by atoms with van der Waals surface area (Å²) >= 11 is 1.33. The molecule has 31 heavy (non-hydrogen) atoms. The lowest BCUT2D eigenvalue weighted by Crippen LogP contribution is -2.36. The fourth-order valence-electron chi connectivity index (χ4n) is 3.04. The molecule has 2 heterocycles. The number of hydrogen-bond donors (Lipinski definition) is 1. The highest BCUT2D eigenvalue weighted by atomic mass is 32.1. The summed E-state index contributed by atoms with van der Waals surface area (Å²) in [5.41, 5.74) is 3.36. The van der Waals surface area contributed by atoms with E-state index in [1.54, 1.807) is 6.92 Å². The van der Waals surface area contributed by atoms with Gasteiger partial charge in [-0.15, -0.1) is 0 Å². The Morgan fingerprint density at radius 1 is 1.13 bits per heavy atom. The van der Waals surface area contributed by atoms with Gasteiger partial charge in [0.15, 0.2) is 6.10 Å². The lowest BCUT2D eigenvalue weighted by molar-refractivity contribution is -0.127. The van der Waals surface area contributed by atoms with Crippen molar-refractivity contribution in [1.29, 1.82) is 0 Å². The van der Waals surface area contributed by atoms with E-state index in [0.717, 1.165) is 21.7 Å². The molecule has 0 bridgehead atoms. The van der Waals surface area contributed by atoms with E-state index in [4.69, 9.17) is 4.74 Å².